The van der Waals surface area contributed by atoms with E-state index in [1.165, 1.54) is 24.3 Å². The van der Waals surface area contributed by atoms with Gasteiger partial charge in [-0.3, -0.25) is 29.0 Å². The topological polar surface area (TPSA) is 157 Å². The number of ketones is 1. The van der Waals surface area contributed by atoms with E-state index in [1.54, 1.807) is 49.6 Å². The maximum Gasteiger partial charge on any atom is 0.350 e. The summed E-state index contributed by atoms with van der Waals surface area (Å²) in [5, 5.41) is 22.8. The van der Waals surface area contributed by atoms with Gasteiger partial charge in [-0.2, -0.15) is 0 Å². The molecule has 0 aliphatic carbocycles. The van der Waals surface area contributed by atoms with Crippen LogP contribution in [0.25, 0.3) is 11.4 Å². The average Bonchev–Trinajstić information content (AvgIpc) is 3.54. The summed E-state index contributed by atoms with van der Waals surface area (Å²) in [6.45, 7) is 5.03. The number of non-ortho nitro benzene ring substituents is 1. The van der Waals surface area contributed by atoms with E-state index in [9.17, 15) is 29.6 Å². The normalized spacial score (nSPS) is 16.7. The summed E-state index contributed by atoms with van der Waals surface area (Å²) in [5.41, 5.74) is 1.34. The number of Topliss-reactive ketones (excluding diaryl/α,β-unsaturated/α-hetero) is 1. The van der Waals surface area contributed by atoms with Crippen molar-refractivity contribution in [2.45, 2.75) is 26.8 Å². The molecule has 39 heavy (non-hydrogen) atoms. The Balaban J connectivity index is 1.74. The Kier molecular flexibility index (Phi) is 6.44. The first-order valence-corrected chi connectivity index (χ1v) is 12.6. The zero-order chi connectivity index (χ0) is 28.0. The molecule has 1 unspecified atom stereocenters. The number of hydrogen-bond acceptors (Lipinski definition) is 10. The second kappa shape index (κ2) is 9.76. The number of nitrogens with zero attached hydrogens (tertiary/aromatic N) is 5. The van der Waals surface area contributed by atoms with Crippen LogP contribution in [0.1, 0.15) is 45.3 Å². The van der Waals surface area contributed by atoms with Crippen molar-refractivity contribution in [3.63, 3.8) is 0 Å². The van der Waals surface area contributed by atoms with Gasteiger partial charge in [0.2, 0.25) is 0 Å². The second-order valence-electron chi connectivity index (χ2n) is 8.62. The Hall–Kier alpha value is -4.91. The van der Waals surface area contributed by atoms with Crippen LogP contribution in [-0.2, 0) is 14.3 Å². The van der Waals surface area contributed by atoms with E-state index in [4.69, 9.17) is 4.74 Å². The van der Waals surface area contributed by atoms with Crippen LogP contribution in [-0.4, -0.2) is 48.7 Å². The van der Waals surface area contributed by atoms with Crippen molar-refractivity contribution in [1.29, 1.82) is 0 Å². The lowest BCUT2D eigenvalue weighted by atomic mass is 9.96. The maximum atomic E-state index is 13.5. The zero-order valence-corrected chi connectivity index (χ0v) is 21.8. The van der Waals surface area contributed by atoms with E-state index >= 15 is 0 Å². The third-order valence-corrected chi connectivity index (χ3v) is 7.38. The van der Waals surface area contributed by atoms with Crippen LogP contribution in [0.3, 0.4) is 0 Å². The molecule has 0 saturated carbocycles. The number of carbonyl (C=O) groups is 3. The first kappa shape index (κ1) is 25.7. The van der Waals surface area contributed by atoms with E-state index in [0.29, 0.717) is 22.6 Å². The summed E-state index contributed by atoms with van der Waals surface area (Å²) in [7, 11) is 0. The minimum absolute atomic E-state index is 0.0370. The van der Waals surface area contributed by atoms with Crippen LogP contribution in [0.4, 0.5) is 10.8 Å². The molecule has 1 amide bonds. The summed E-state index contributed by atoms with van der Waals surface area (Å²) < 4.78 is 6.68. The fourth-order valence-electron chi connectivity index (χ4n) is 4.52. The Bertz CT molecular complexity index is 1700. The van der Waals surface area contributed by atoms with Crippen LogP contribution in [0.15, 0.2) is 54.2 Å². The van der Waals surface area contributed by atoms with Gasteiger partial charge in [0.25, 0.3) is 11.5 Å². The predicted molar refractivity (Wildman–Crippen MR) is 141 cm³/mol. The number of anilines is 1. The van der Waals surface area contributed by atoms with Crippen molar-refractivity contribution in [2.75, 3.05) is 11.5 Å². The highest BCUT2D eigenvalue weighted by atomic mass is 32.1. The molecule has 1 N–H and O–H groups in total. The molecule has 1 fully saturated rings. The minimum Gasteiger partial charge on any atom is -0.505 e. The van der Waals surface area contributed by atoms with Crippen molar-refractivity contribution in [3.05, 3.63) is 91.9 Å². The van der Waals surface area contributed by atoms with Crippen molar-refractivity contribution >= 4 is 51.2 Å². The van der Waals surface area contributed by atoms with Crippen LogP contribution in [0.2, 0.25) is 0 Å². The lowest BCUT2D eigenvalue weighted by Crippen LogP contribution is -2.29. The van der Waals surface area contributed by atoms with Gasteiger partial charge < -0.3 is 9.84 Å². The average molecular weight is 548 g/mol. The number of benzene rings is 1. The number of nitro groups is 1. The van der Waals surface area contributed by atoms with Gasteiger partial charge in [0.05, 0.1) is 34.5 Å². The number of nitro benzene ring substituents is 1. The monoisotopic (exact) mass is 547 g/mol. The number of esters is 1. The molecule has 198 valence electrons. The van der Waals surface area contributed by atoms with Gasteiger partial charge in [-0.1, -0.05) is 17.4 Å². The standard InChI is InChI=1S/C26H21N5O7S/c1-4-38-25(35)23-14(3)28-26(39-23)30-20(15-8-10-16(11-9-15)31(36)37)18(22(33)24(30)34)21(32)19-13(2)27-17-7-5-6-12-29(17)19/h5-12,20,32H,4H2,1-3H3. The highest BCUT2D eigenvalue weighted by Gasteiger charge is 2.49. The molecule has 0 radical (unpaired) electrons. The van der Waals surface area contributed by atoms with E-state index in [1.807, 2.05) is 0 Å². The number of ether oxygens (including phenoxy) is 1. The molecule has 4 heterocycles. The van der Waals surface area contributed by atoms with Crippen molar-refractivity contribution in [1.82, 2.24) is 14.4 Å². The molecule has 1 atom stereocenters. The zero-order valence-electron chi connectivity index (χ0n) is 20.9. The number of fused-ring (bicyclic) bond motifs is 1. The van der Waals surface area contributed by atoms with Crippen molar-refractivity contribution in [3.8, 4) is 0 Å². The molecule has 4 aromatic rings. The molecule has 0 spiro atoms. The summed E-state index contributed by atoms with van der Waals surface area (Å²) in [6.07, 6.45) is 1.66. The number of hydrogen-bond donors (Lipinski definition) is 1. The van der Waals surface area contributed by atoms with Gasteiger partial charge in [-0.05, 0) is 50.6 Å². The molecular formula is C26H21N5O7S. The first-order valence-electron chi connectivity index (χ1n) is 11.8. The maximum absolute atomic E-state index is 13.5. The Labute approximate surface area is 225 Å². The number of rotatable bonds is 6. The minimum atomic E-state index is -1.19. The molecule has 1 aromatic carbocycles. The lowest BCUT2D eigenvalue weighted by Gasteiger charge is -2.23. The summed E-state index contributed by atoms with van der Waals surface area (Å²) in [6, 6.07) is 9.33. The molecule has 1 aliphatic rings. The van der Waals surface area contributed by atoms with E-state index in [2.05, 4.69) is 9.97 Å². The number of carbonyl (C=O) groups excluding carboxylic acids is 3. The van der Waals surface area contributed by atoms with E-state index < -0.39 is 34.4 Å². The second-order valence-corrected chi connectivity index (χ2v) is 9.60. The quantitative estimate of drug-likeness (QED) is 0.0936. The van der Waals surface area contributed by atoms with Crippen LogP contribution >= 0.6 is 11.3 Å². The number of thiazole rings is 1. The molecule has 12 nitrogen and oxygen atoms in total. The summed E-state index contributed by atoms with van der Waals surface area (Å²) >= 11 is 0.871. The largest absolute Gasteiger partial charge is 0.505 e. The van der Waals surface area contributed by atoms with Gasteiger partial charge in [-0.25, -0.2) is 14.8 Å². The van der Waals surface area contributed by atoms with Crippen LogP contribution in [0, 0.1) is 24.0 Å². The number of aliphatic hydroxyl groups is 1. The summed E-state index contributed by atoms with van der Waals surface area (Å²) in [4.78, 5) is 60.1. The Morgan fingerprint density at radius 2 is 1.85 bits per heavy atom. The number of pyridine rings is 1. The van der Waals surface area contributed by atoms with Crippen LogP contribution < -0.4 is 4.90 Å². The Morgan fingerprint density at radius 1 is 1.13 bits per heavy atom. The molecule has 1 saturated heterocycles. The highest BCUT2D eigenvalue weighted by Crippen LogP contribution is 2.44. The number of aliphatic hydroxyl groups excluding tert-OH is 1. The van der Waals surface area contributed by atoms with E-state index in [-0.39, 0.29) is 33.6 Å². The molecular weight excluding hydrogens is 526 g/mol. The summed E-state index contributed by atoms with van der Waals surface area (Å²) in [5.74, 6) is -3.04. The van der Waals surface area contributed by atoms with E-state index in [0.717, 1.165) is 16.2 Å². The first-order chi connectivity index (χ1) is 18.6. The fraction of sp³-hybridized carbons (Fsp3) is 0.192. The molecule has 0 bridgehead atoms. The third kappa shape index (κ3) is 4.22. The molecule has 1 aliphatic heterocycles. The predicted octanol–water partition coefficient (Wildman–Crippen LogP) is 4.12. The number of amides is 1. The lowest BCUT2D eigenvalue weighted by molar-refractivity contribution is -0.384. The van der Waals surface area contributed by atoms with Gasteiger partial charge >= 0.3 is 11.9 Å². The SMILES string of the molecule is CCOC(=O)c1sc(N2C(=O)C(=O)C(=C(O)c3c(C)nc4ccccn34)C2c2ccc([N+](=O)[O-])cc2)nc1C. The number of imidazole rings is 1. The molecule has 5 rings (SSSR count). The van der Waals surface area contributed by atoms with Crippen molar-refractivity contribution in [2.24, 2.45) is 0 Å². The fourth-order valence-corrected chi connectivity index (χ4v) is 5.51. The molecule has 3 aromatic heterocycles. The van der Waals surface area contributed by atoms with Crippen LogP contribution in [0.5, 0.6) is 0 Å². The number of aryl methyl sites for hydroxylation is 2. The van der Waals surface area contributed by atoms with Gasteiger partial charge in [0.15, 0.2) is 10.9 Å². The van der Waals surface area contributed by atoms with Gasteiger partial charge in [0, 0.05) is 18.3 Å². The van der Waals surface area contributed by atoms with Gasteiger partial charge in [0.1, 0.15) is 16.2 Å². The third-order valence-electron chi connectivity index (χ3n) is 6.24. The smallest absolute Gasteiger partial charge is 0.350 e. The Morgan fingerprint density at radius 3 is 2.51 bits per heavy atom. The highest BCUT2D eigenvalue weighted by molar-refractivity contribution is 7.17. The van der Waals surface area contributed by atoms with Gasteiger partial charge in [-0.15, -0.1) is 0 Å². The molecule has 13 heteroatoms. The number of aromatic nitrogens is 3. The van der Waals surface area contributed by atoms with Crippen molar-refractivity contribution < 1.29 is 29.2 Å².